The standard InChI is InChI=1S/C8H15O6P/c1-4-14-8(10)5-7(9)6-15(11,12-2)13-3/h4-6H2,1-3H3. The average molecular weight is 238 g/mol. The monoisotopic (exact) mass is 238 g/mol. The highest BCUT2D eigenvalue weighted by molar-refractivity contribution is 7.54. The molecule has 0 bridgehead atoms. The van der Waals surface area contributed by atoms with Crippen molar-refractivity contribution in [3.63, 3.8) is 0 Å². The van der Waals surface area contributed by atoms with Crippen molar-refractivity contribution in [2.45, 2.75) is 13.3 Å². The molecule has 0 rings (SSSR count). The second kappa shape index (κ2) is 6.71. The highest BCUT2D eigenvalue weighted by atomic mass is 31.2. The molecule has 0 unspecified atom stereocenters. The Labute approximate surface area is 88.4 Å². The minimum absolute atomic E-state index is 0.207. The van der Waals surface area contributed by atoms with Crippen molar-refractivity contribution in [1.29, 1.82) is 0 Å². The van der Waals surface area contributed by atoms with Gasteiger partial charge in [0.05, 0.1) is 6.61 Å². The Morgan fingerprint density at radius 2 is 1.73 bits per heavy atom. The van der Waals surface area contributed by atoms with Gasteiger partial charge in [0.2, 0.25) is 0 Å². The third-order valence-electron chi connectivity index (χ3n) is 1.57. The van der Waals surface area contributed by atoms with Crippen LogP contribution in [0.5, 0.6) is 0 Å². The molecule has 7 heteroatoms. The molecule has 0 amide bonds. The highest BCUT2D eigenvalue weighted by Gasteiger charge is 2.26. The van der Waals surface area contributed by atoms with Crippen LogP contribution in [0.25, 0.3) is 0 Å². The molecule has 0 N–H and O–H groups in total. The zero-order valence-corrected chi connectivity index (χ0v) is 9.91. The van der Waals surface area contributed by atoms with Crippen LogP contribution in [0.4, 0.5) is 0 Å². The molecule has 88 valence electrons. The van der Waals surface area contributed by atoms with Gasteiger partial charge in [-0.3, -0.25) is 14.2 Å². The maximum Gasteiger partial charge on any atom is 0.337 e. The Balaban J connectivity index is 4.14. The van der Waals surface area contributed by atoms with Crippen LogP contribution in [0.3, 0.4) is 0 Å². The molecule has 0 fully saturated rings. The molecule has 0 aliphatic rings. The summed E-state index contributed by atoms with van der Waals surface area (Å²) in [4.78, 5) is 22.1. The number of ether oxygens (including phenoxy) is 1. The lowest BCUT2D eigenvalue weighted by molar-refractivity contribution is -0.145. The van der Waals surface area contributed by atoms with E-state index >= 15 is 0 Å². The van der Waals surface area contributed by atoms with Crippen LogP contribution in [0.2, 0.25) is 0 Å². The third kappa shape index (κ3) is 5.67. The van der Waals surface area contributed by atoms with Crippen LogP contribution in [0.15, 0.2) is 0 Å². The van der Waals surface area contributed by atoms with Crippen molar-refractivity contribution in [2.75, 3.05) is 27.0 Å². The lowest BCUT2D eigenvalue weighted by Gasteiger charge is -2.11. The van der Waals surface area contributed by atoms with Crippen LogP contribution in [0, 0.1) is 0 Å². The van der Waals surface area contributed by atoms with Gasteiger partial charge in [0.25, 0.3) is 0 Å². The molecule has 0 heterocycles. The van der Waals surface area contributed by atoms with Gasteiger partial charge in [0.1, 0.15) is 12.6 Å². The van der Waals surface area contributed by atoms with Crippen molar-refractivity contribution >= 4 is 19.3 Å². The van der Waals surface area contributed by atoms with E-state index in [2.05, 4.69) is 13.8 Å². The highest BCUT2D eigenvalue weighted by Crippen LogP contribution is 2.46. The summed E-state index contributed by atoms with van der Waals surface area (Å²) in [7, 11) is -1.00. The molecule has 0 saturated carbocycles. The van der Waals surface area contributed by atoms with E-state index in [9.17, 15) is 14.2 Å². The predicted molar refractivity (Wildman–Crippen MR) is 52.7 cm³/mol. The summed E-state index contributed by atoms with van der Waals surface area (Å²) in [6, 6.07) is 0. The van der Waals surface area contributed by atoms with Gasteiger partial charge in [-0.25, -0.2) is 0 Å². The van der Waals surface area contributed by atoms with Gasteiger partial charge in [-0.2, -0.15) is 0 Å². The largest absolute Gasteiger partial charge is 0.466 e. The van der Waals surface area contributed by atoms with Crippen molar-refractivity contribution in [1.82, 2.24) is 0 Å². The normalized spacial score (nSPS) is 11.1. The molecule has 0 aliphatic heterocycles. The molecule has 0 saturated heterocycles. The first-order valence-corrected chi connectivity index (χ1v) is 6.08. The van der Waals surface area contributed by atoms with E-state index in [4.69, 9.17) is 0 Å². The summed E-state index contributed by atoms with van der Waals surface area (Å²) >= 11 is 0. The molecule has 15 heavy (non-hydrogen) atoms. The van der Waals surface area contributed by atoms with Crippen molar-refractivity contribution in [3.05, 3.63) is 0 Å². The molecule has 6 nitrogen and oxygen atoms in total. The SMILES string of the molecule is CCOC(=O)CC(=O)CP(=O)(OC)OC. The summed E-state index contributed by atoms with van der Waals surface area (Å²) in [5.41, 5.74) is 0. The fraction of sp³-hybridized carbons (Fsp3) is 0.750. The smallest absolute Gasteiger partial charge is 0.337 e. The minimum atomic E-state index is -3.37. The molecule has 0 spiro atoms. The Bertz CT molecular complexity index is 266. The van der Waals surface area contributed by atoms with Gasteiger partial charge < -0.3 is 13.8 Å². The second-order valence-electron chi connectivity index (χ2n) is 2.65. The summed E-state index contributed by atoms with van der Waals surface area (Å²) in [5.74, 6) is -1.17. The number of Topliss-reactive ketones (excluding diaryl/α,β-unsaturated/α-hetero) is 1. The van der Waals surface area contributed by atoms with Crippen LogP contribution in [-0.4, -0.2) is 38.7 Å². The van der Waals surface area contributed by atoms with Crippen LogP contribution in [-0.2, 0) is 27.9 Å². The van der Waals surface area contributed by atoms with Gasteiger partial charge in [-0.15, -0.1) is 0 Å². The van der Waals surface area contributed by atoms with E-state index in [0.29, 0.717) is 0 Å². The number of hydrogen-bond donors (Lipinski definition) is 0. The van der Waals surface area contributed by atoms with E-state index in [1.165, 1.54) is 14.2 Å². The summed E-state index contributed by atoms with van der Waals surface area (Å²) in [6.45, 7) is 1.84. The number of carbonyl (C=O) groups is 2. The van der Waals surface area contributed by atoms with Crippen molar-refractivity contribution in [3.8, 4) is 0 Å². The van der Waals surface area contributed by atoms with E-state index < -0.39 is 31.9 Å². The fourth-order valence-corrected chi connectivity index (χ4v) is 1.80. The molecule has 0 aromatic rings. The number of carbonyl (C=O) groups excluding carboxylic acids is 2. The van der Waals surface area contributed by atoms with Gasteiger partial charge in [0.15, 0.2) is 5.78 Å². The topological polar surface area (TPSA) is 78.9 Å². The maximum absolute atomic E-state index is 11.5. The van der Waals surface area contributed by atoms with E-state index in [1.807, 2.05) is 0 Å². The molecule has 0 aromatic carbocycles. The average Bonchev–Trinajstić information content (AvgIpc) is 2.17. The first kappa shape index (κ1) is 14.3. The number of esters is 1. The summed E-state index contributed by atoms with van der Waals surface area (Å²) in [6.07, 6.45) is -0.830. The lowest BCUT2D eigenvalue weighted by Crippen LogP contribution is -2.15. The minimum Gasteiger partial charge on any atom is -0.466 e. The number of ketones is 1. The zero-order chi connectivity index (χ0) is 11.9. The fourth-order valence-electron chi connectivity index (χ4n) is 0.849. The Kier molecular flexibility index (Phi) is 6.40. The van der Waals surface area contributed by atoms with Crippen molar-refractivity contribution < 1.29 is 27.9 Å². The lowest BCUT2D eigenvalue weighted by atomic mass is 10.3. The predicted octanol–water partition coefficient (Wildman–Crippen LogP) is 0.995. The maximum atomic E-state index is 11.5. The molecule has 0 radical (unpaired) electrons. The van der Waals surface area contributed by atoms with Gasteiger partial charge in [-0.1, -0.05) is 0 Å². The Hall–Kier alpha value is -0.710. The summed E-state index contributed by atoms with van der Waals surface area (Å²) < 4.78 is 25.2. The first-order valence-electron chi connectivity index (χ1n) is 4.35. The zero-order valence-electron chi connectivity index (χ0n) is 9.02. The molecule has 0 aliphatic carbocycles. The van der Waals surface area contributed by atoms with Crippen LogP contribution < -0.4 is 0 Å². The van der Waals surface area contributed by atoms with Gasteiger partial charge in [0, 0.05) is 14.2 Å². The molecular weight excluding hydrogens is 223 g/mol. The van der Waals surface area contributed by atoms with E-state index in [-0.39, 0.29) is 6.61 Å². The molecule has 0 aromatic heterocycles. The molecule has 0 atom stereocenters. The van der Waals surface area contributed by atoms with Crippen molar-refractivity contribution in [2.24, 2.45) is 0 Å². The Morgan fingerprint density at radius 1 is 1.20 bits per heavy atom. The first-order chi connectivity index (χ1) is 6.97. The third-order valence-corrected chi connectivity index (χ3v) is 3.43. The summed E-state index contributed by atoms with van der Waals surface area (Å²) in [5, 5.41) is 0. The van der Waals surface area contributed by atoms with Gasteiger partial charge >= 0.3 is 13.6 Å². The van der Waals surface area contributed by atoms with E-state index in [1.54, 1.807) is 6.92 Å². The van der Waals surface area contributed by atoms with Crippen LogP contribution in [0.1, 0.15) is 13.3 Å². The quantitative estimate of drug-likeness (QED) is 0.374. The second-order valence-corrected chi connectivity index (χ2v) is 4.92. The van der Waals surface area contributed by atoms with Crippen LogP contribution >= 0.6 is 7.60 Å². The number of hydrogen-bond acceptors (Lipinski definition) is 6. The molecular formula is C8H15O6P. The Morgan fingerprint density at radius 3 is 2.13 bits per heavy atom. The van der Waals surface area contributed by atoms with E-state index in [0.717, 1.165) is 0 Å². The van der Waals surface area contributed by atoms with Gasteiger partial charge in [-0.05, 0) is 6.92 Å². The number of rotatable bonds is 7.